The lowest BCUT2D eigenvalue weighted by molar-refractivity contribution is -0.145. The van der Waals surface area contributed by atoms with E-state index in [1.54, 1.807) is 18.4 Å². The molecule has 0 radical (unpaired) electrons. The third-order valence-electron chi connectivity index (χ3n) is 2.42. The molecule has 0 unspecified atom stereocenters. The van der Waals surface area contributed by atoms with E-state index in [4.69, 9.17) is 9.15 Å². The lowest BCUT2D eigenvalue weighted by atomic mass is 10.1. The van der Waals surface area contributed by atoms with Gasteiger partial charge < -0.3 is 9.15 Å². The van der Waals surface area contributed by atoms with Gasteiger partial charge in [0.05, 0.1) is 6.26 Å². The monoisotopic (exact) mass is 230 g/mol. The van der Waals surface area contributed by atoms with Gasteiger partial charge in [0, 0.05) is 6.42 Å². The van der Waals surface area contributed by atoms with Gasteiger partial charge in [0.1, 0.15) is 12.4 Å². The van der Waals surface area contributed by atoms with Crippen LogP contribution in [0.5, 0.6) is 0 Å². The fourth-order valence-corrected chi connectivity index (χ4v) is 1.51. The van der Waals surface area contributed by atoms with Crippen LogP contribution >= 0.6 is 0 Å². The van der Waals surface area contributed by atoms with Crippen molar-refractivity contribution in [2.75, 3.05) is 0 Å². The van der Waals surface area contributed by atoms with Crippen molar-refractivity contribution in [3.63, 3.8) is 0 Å². The zero-order valence-corrected chi connectivity index (χ0v) is 9.46. The average Bonchev–Trinajstić information content (AvgIpc) is 2.88. The number of carbonyl (C=O) groups excluding carboxylic acids is 1. The van der Waals surface area contributed by atoms with E-state index >= 15 is 0 Å². The SMILES string of the molecule is O=C(CCc1ccccc1)OCc1ccco1. The summed E-state index contributed by atoms with van der Waals surface area (Å²) in [5.74, 6) is 0.461. The second kappa shape index (κ2) is 5.89. The van der Waals surface area contributed by atoms with Crippen molar-refractivity contribution in [2.24, 2.45) is 0 Å². The van der Waals surface area contributed by atoms with Crippen LogP contribution in [0.25, 0.3) is 0 Å². The van der Waals surface area contributed by atoms with E-state index in [0.29, 0.717) is 18.6 Å². The highest BCUT2D eigenvalue weighted by molar-refractivity contribution is 5.69. The molecule has 0 aliphatic heterocycles. The first-order valence-electron chi connectivity index (χ1n) is 5.56. The summed E-state index contributed by atoms with van der Waals surface area (Å²) in [6.07, 6.45) is 2.66. The maximum absolute atomic E-state index is 11.4. The Hall–Kier alpha value is -2.03. The predicted octanol–water partition coefficient (Wildman–Crippen LogP) is 2.96. The molecule has 0 atom stereocenters. The minimum absolute atomic E-state index is 0.203. The molecule has 0 N–H and O–H groups in total. The number of furan rings is 1. The number of rotatable bonds is 5. The van der Waals surface area contributed by atoms with Gasteiger partial charge >= 0.3 is 5.97 Å². The van der Waals surface area contributed by atoms with E-state index in [1.165, 1.54) is 0 Å². The van der Waals surface area contributed by atoms with Crippen LogP contribution in [0.15, 0.2) is 53.1 Å². The molecule has 3 nitrogen and oxygen atoms in total. The predicted molar refractivity (Wildman–Crippen MR) is 63.3 cm³/mol. The molecule has 0 saturated heterocycles. The van der Waals surface area contributed by atoms with Crippen molar-refractivity contribution in [1.82, 2.24) is 0 Å². The van der Waals surface area contributed by atoms with Gasteiger partial charge in [-0.25, -0.2) is 0 Å². The number of ether oxygens (including phenoxy) is 1. The quantitative estimate of drug-likeness (QED) is 0.741. The molecule has 0 aliphatic rings. The smallest absolute Gasteiger partial charge is 0.306 e. The van der Waals surface area contributed by atoms with Gasteiger partial charge in [-0.1, -0.05) is 30.3 Å². The lowest BCUT2D eigenvalue weighted by Crippen LogP contribution is -2.05. The van der Waals surface area contributed by atoms with E-state index in [0.717, 1.165) is 5.56 Å². The van der Waals surface area contributed by atoms with E-state index < -0.39 is 0 Å². The van der Waals surface area contributed by atoms with Gasteiger partial charge in [0.25, 0.3) is 0 Å². The van der Waals surface area contributed by atoms with Gasteiger partial charge in [-0.3, -0.25) is 4.79 Å². The Morgan fingerprint density at radius 1 is 1.12 bits per heavy atom. The lowest BCUT2D eigenvalue weighted by Gasteiger charge is -2.03. The largest absolute Gasteiger partial charge is 0.466 e. The van der Waals surface area contributed by atoms with Crippen molar-refractivity contribution in [3.8, 4) is 0 Å². The van der Waals surface area contributed by atoms with E-state index in [2.05, 4.69) is 0 Å². The molecule has 0 bridgehead atoms. The second-order valence-corrected chi connectivity index (χ2v) is 3.73. The van der Waals surface area contributed by atoms with Crippen LogP contribution in [0.2, 0.25) is 0 Å². The van der Waals surface area contributed by atoms with E-state index in [1.807, 2.05) is 30.3 Å². The Bertz CT molecular complexity index is 446. The van der Waals surface area contributed by atoms with Crippen LogP contribution in [0, 0.1) is 0 Å². The zero-order chi connectivity index (χ0) is 11.9. The van der Waals surface area contributed by atoms with Crippen LogP contribution in [0.3, 0.4) is 0 Å². The molecular formula is C14H14O3. The fourth-order valence-electron chi connectivity index (χ4n) is 1.51. The van der Waals surface area contributed by atoms with Crippen LogP contribution in [0.1, 0.15) is 17.7 Å². The number of esters is 1. The normalized spacial score (nSPS) is 10.1. The van der Waals surface area contributed by atoms with Crippen molar-refractivity contribution < 1.29 is 13.9 Å². The topological polar surface area (TPSA) is 39.4 Å². The number of aryl methyl sites for hydroxylation is 1. The maximum atomic E-state index is 11.4. The summed E-state index contributed by atoms with van der Waals surface area (Å²) in [6, 6.07) is 13.4. The molecule has 1 aromatic heterocycles. The number of benzene rings is 1. The first kappa shape index (κ1) is 11.5. The Balaban J connectivity index is 1.71. The summed E-state index contributed by atoms with van der Waals surface area (Å²) in [4.78, 5) is 11.4. The number of carbonyl (C=O) groups is 1. The van der Waals surface area contributed by atoms with Gasteiger partial charge in [0.2, 0.25) is 0 Å². The molecule has 1 heterocycles. The molecule has 17 heavy (non-hydrogen) atoms. The molecule has 2 rings (SSSR count). The van der Waals surface area contributed by atoms with E-state index in [9.17, 15) is 4.79 Å². The standard InChI is InChI=1S/C14H14O3/c15-14(17-11-13-7-4-10-16-13)9-8-12-5-2-1-3-6-12/h1-7,10H,8-9,11H2. The van der Waals surface area contributed by atoms with Crippen molar-refractivity contribution in [1.29, 1.82) is 0 Å². The highest BCUT2D eigenvalue weighted by Gasteiger charge is 2.05. The molecule has 0 spiro atoms. The highest BCUT2D eigenvalue weighted by atomic mass is 16.5. The first-order valence-corrected chi connectivity index (χ1v) is 5.56. The number of hydrogen-bond donors (Lipinski definition) is 0. The van der Waals surface area contributed by atoms with Crippen LogP contribution < -0.4 is 0 Å². The average molecular weight is 230 g/mol. The van der Waals surface area contributed by atoms with Gasteiger partial charge in [0.15, 0.2) is 0 Å². The Morgan fingerprint density at radius 2 is 1.94 bits per heavy atom. The zero-order valence-electron chi connectivity index (χ0n) is 9.46. The molecule has 88 valence electrons. The molecule has 3 heteroatoms. The van der Waals surface area contributed by atoms with Gasteiger partial charge in [-0.15, -0.1) is 0 Å². The Morgan fingerprint density at radius 3 is 2.65 bits per heavy atom. The summed E-state index contributed by atoms with van der Waals surface area (Å²) in [7, 11) is 0. The van der Waals surface area contributed by atoms with Crippen LogP contribution in [-0.2, 0) is 22.6 Å². The molecule has 0 aliphatic carbocycles. The van der Waals surface area contributed by atoms with Gasteiger partial charge in [-0.05, 0) is 24.1 Å². The first-order chi connectivity index (χ1) is 8.34. The van der Waals surface area contributed by atoms with E-state index in [-0.39, 0.29) is 12.6 Å². The minimum atomic E-state index is -0.203. The summed E-state index contributed by atoms with van der Waals surface area (Å²) in [6.45, 7) is 0.209. The summed E-state index contributed by atoms with van der Waals surface area (Å²) in [5, 5.41) is 0. The third kappa shape index (κ3) is 3.79. The molecule has 0 fully saturated rings. The Kier molecular flexibility index (Phi) is 3.97. The number of hydrogen-bond acceptors (Lipinski definition) is 3. The summed E-state index contributed by atoms with van der Waals surface area (Å²) >= 11 is 0. The minimum Gasteiger partial charge on any atom is -0.466 e. The van der Waals surface area contributed by atoms with Gasteiger partial charge in [-0.2, -0.15) is 0 Å². The van der Waals surface area contributed by atoms with Crippen molar-refractivity contribution in [3.05, 3.63) is 60.1 Å². The van der Waals surface area contributed by atoms with Crippen LogP contribution in [0.4, 0.5) is 0 Å². The van der Waals surface area contributed by atoms with Crippen molar-refractivity contribution >= 4 is 5.97 Å². The molecule has 0 saturated carbocycles. The molecular weight excluding hydrogens is 216 g/mol. The summed E-state index contributed by atoms with van der Waals surface area (Å²) < 4.78 is 10.1. The highest BCUT2D eigenvalue weighted by Crippen LogP contribution is 2.06. The molecule has 0 amide bonds. The third-order valence-corrected chi connectivity index (χ3v) is 2.42. The summed E-state index contributed by atoms with van der Waals surface area (Å²) in [5.41, 5.74) is 1.14. The van der Waals surface area contributed by atoms with Crippen molar-refractivity contribution in [2.45, 2.75) is 19.4 Å². The molecule has 1 aromatic carbocycles. The molecule has 2 aromatic rings. The second-order valence-electron chi connectivity index (χ2n) is 3.73. The fraction of sp³-hybridized carbons (Fsp3) is 0.214. The van der Waals surface area contributed by atoms with Crippen LogP contribution in [-0.4, -0.2) is 5.97 Å². The Labute approximate surface area is 100 Å². The maximum Gasteiger partial charge on any atom is 0.306 e.